The highest BCUT2D eigenvalue weighted by molar-refractivity contribution is 14.0. The van der Waals surface area contributed by atoms with Gasteiger partial charge in [0.05, 0.1) is 26.0 Å². The lowest BCUT2D eigenvalue weighted by molar-refractivity contribution is 0.297. The molecular formula is C18H27IN4O2. The number of nitrogens with zero attached hydrogens (tertiary/aromatic N) is 2. The molecule has 0 amide bonds. The van der Waals surface area contributed by atoms with Crippen LogP contribution in [0.25, 0.3) is 0 Å². The molecule has 2 N–H and O–H groups in total. The first-order valence-corrected chi connectivity index (χ1v) is 7.91. The molecule has 0 saturated heterocycles. The summed E-state index contributed by atoms with van der Waals surface area (Å²) in [4.78, 5) is 6.42. The van der Waals surface area contributed by atoms with Gasteiger partial charge < -0.3 is 24.7 Å². The number of nitrogens with one attached hydrogen (secondary N) is 2. The summed E-state index contributed by atoms with van der Waals surface area (Å²) in [5, 5.41) is 6.61. The zero-order chi connectivity index (χ0) is 17.4. The van der Waals surface area contributed by atoms with Crippen LogP contribution in [0.15, 0.2) is 52.1 Å². The summed E-state index contributed by atoms with van der Waals surface area (Å²) in [5.41, 5.74) is 1.19. The average molecular weight is 458 g/mol. The fraction of sp³-hybridized carbons (Fsp3) is 0.389. The molecule has 1 unspecified atom stereocenters. The van der Waals surface area contributed by atoms with Crippen LogP contribution in [0.5, 0.6) is 5.75 Å². The molecule has 1 aromatic carbocycles. The van der Waals surface area contributed by atoms with Gasteiger partial charge in [-0.2, -0.15) is 0 Å². The molecule has 138 valence electrons. The van der Waals surface area contributed by atoms with E-state index in [0.29, 0.717) is 6.54 Å². The van der Waals surface area contributed by atoms with Crippen LogP contribution in [-0.2, 0) is 6.54 Å². The first-order valence-electron chi connectivity index (χ1n) is 7.91. The Morgan fingerprint density at radius 3 is 2.64 bits per heavy atom. The second-order valence-corrected chi connectivity index (χ2v) is 5.64. The van der Waals surface area contributed by atoms with Crippen LogP contribution >= 0.6 is 24.0 Å². The third-order valence-corrected chi connectivity index (χ3v) is 3.80. The van der Waals surface area contributed by atoms with E-state index in [0.717, 1.165) is 24.0 Å². The number of rotatable bonds is 7. The second-order valence-electron chi connectivity index (χ2n) is 5.64. The van der Waals surface area contributed by atoms with Gasteiger partial charge in [0, 0.05) is 13.6 Å². The van der Waals surface area contributed by atoms with Gasteiger partial charge in [0.1, 0.15) is 11.5 Å². The minimum absolute atomic E-state index is 0. The number of likely N-dealkylation sites (N-methyl/N-ethyl adjacent to an activating group) is 1. The first-order chi connectivity index (χ1) is 11.6. The fourth-order valence-electron chi connectivity index (χ4n) is 2.45. The van der Waals surface area contributed by atoms with E-state index in [9.17, 15) is 0 Å². The Kier molecular flexibility index (Phi) is 9.36. The Morgan fingerprint density at radius 1 is 1.24 bits per heavy atom. The van der Waals surface area contributed by atoms with Crippen molar-refractivity contribution in [1.29, 1.82) is 0 Å². The molecule has 25 heavy (non-hydrogen) atoms. The van der Waals surface area contributed by atoms with Crippen molar-refractivity contribution in [1.82, 2.24) is 15.5 Å². The van der Waals surface area contributed by atoms with Gasteiger partial charge in [0.25, 0.3) is 0 Å². The fourth-order valence-corrected chi connectivity index (χ4v) is 2.45. The molecule has 6 nitrogen and oxygen atoms in total. The van der Waals surface area contributed by atoms with Crippen molar-refractivity contribution >= 4 is 29.9 Å². The lowest BCUT2D eigenvalue weighted by atomic mass is 10.1. The van der Waals surface area contributed by atoms with Crippen LogP contribution in [0.4, 0.5) is 0 Å². The summed E-state index contributed by atoms with van der Waals surface area (Å²) in [6.45, 7) is 1.32. The maximum atomic E-state index is 5.33. The quantitative estimate of drug-likeness (QED) is 0.380. The van der Waals surface area contributed by atoms with Gasteiger partial charge >= 0.3 is 0 Å². The number of aliphatic imine (C=N–C) groups is 1. The molecule has 2 aromatic rings. The highest BCUT2D eigenvalue weighted by atomic mass is 127. The first kappa shape index (κ1) is 21.3. The normalized spacial score (nSPS) is 12.4. The van der Waals surface area contributed by atoms with Crippen LogP contribution in [0.2, 0.25) is 0 Å². The standard InChI is InChI=1S/C18H26N4O2.HI/c1-19-18(20-12-16-9-6-10-24-16)21-13-17(22(2)3)14-7-5-8-15(11-14)23-4;/h5-11,17H,12-13H2,1-4H3,(H2,19,20,21);1H. The van der Waals surface area contributed by atoms with Gasteiger partial charge in [0.15, 0.2) is 5.96 Å². The van der Waals surface area contributed by atoms with Gasteiger partial charge in [-0.15, -0.1) is 24.0 Å². The number of halogens is 1. The topological polar surface area (TPSA) is 62.0 Å². The largest absolute Gasteiger partial charge is 0.497 e. The average Bonchev–Trinajstić information content (AvgIpc) is 3.11. The van der Waals surface area contributed by atoms with Crippen LogP contribution in [0.3, 0.4) is 0 Å². The van der Waals surface area contributed by atoms with Gasteiger partial charge in [-0.1, -0.05) is 12.1 Å². The molecule has 1 atom stereocenters. The molecule has 1 heterocycles. The van der Waals surface area contributed by atoms with E-state index in [2.05, 4.69) is 46.8 Å². The Balaban J connectivity index is 0.00000312. The van der Waals surface area contributed by atoms with Crippen LogP contribution in [0, 0.1) is 0 Å². The summed E-state index contributed by atoms with van der Waals surface area (Å²) in [6, 6.07) is 12.1. The van der Waals surface area contributed by atoms with Gasteiger partial charge in [-0.25, -0.2) is 0 Å². The van der Waals surface area contributed by atoms with Gasteiger partial charge in [-0.05, 0) is 43.9 Å². The van der Waals surface area contributed by atoms with Crippen molar-refractivity contribution in [3.63, 3.8) is 0 Å². The summed E-state index contributed by atoms with van der Waals surface area (Å²) in [5.74, 6) is 2.47. The predicted octanol–water partition coefficient (Wildman–Crippen LogP) is 2.87. The van der Waals surface area contributed by atoms with Gasteiger partial charge in [-0.3, -0.25) is 4.99 Å². The Bertz CT molecular complexity index is 644. The highest BCUT2D eigenvalue weighted by Crippen LogP contribution is 2.22. The molecule has 0 aliphatic heterocycles. The molecule has 0 radical (unpaired) electrons. The molecule has 1 aromatic heterocycles. The molecule has 0 fully saturated rings. The minimum atomic E-state index is 0. The Hall–Kier alpha value is -1.74. The minimum Gasteiger partial charge on any atom is -0.497 e. The number of hydrogen-bond acceptors (Lipinski definition) is 4. The molecule has 0 bridgehead atoms. The van der Waals surface area contributed by atoms with E-state index in [1.54, 1.807) is 20.4 Å². The summed E-state index contributed by atoms with van der Waals surface area (Å²) in [6.07, 6.45) is 1.66. The second kappa shape index (κ2) is 11.0. The smallest absolute Gasteiger partial charge is 0.191 e. The van der Waals surface area contributed by atoms with Crippen LogP contribution < -0.4 is 15.4 Å². The van der Waals surface area contributed by atoms with E-state index < -0.39 is 0 Å². The molecule has 0 saturated carbocycles. The number of hydrogen-bond donors (Lipinski definition) is 2. The predicted molar refractivity (Wildman–Crippen MR) is 112 cm³/mol. The molecule has 0 aliphatic carbocycles. The SMILES string of the molecule is CN=C(NCc1ccco1)NCC(c1cccc(OC)c1)N(C)C.I. The Morgan fingerprint density at radius 2 is 2.04 bits per heavy atom. The van der Waals surface area contributed by atoms with E-state index in [1.165, 1.54) is 5.56 Å². The van der Waals surface area contributed by atoms with E-state index >= 15 is 0 Å². The van der Waals surface area contributed by atoms with E-state index in [-0.39, 0.29) is 30.0 Å². The van der Waals surface area contributed by atoms with Crippen LogP contribution in [0.1, 0.15) is 17.4 Å². The lowest BCUT2D eigenvalue weighted by Crippen LogP contribution is -2.41. The highest BCUT2D eigenvalue weighted by Gasteiger charge is 2.15. The molecule has 7 heteroatoms. The van der Waals surface area contributed by atoms with Crippen molar-refractivity contribution in [3.05, 3.63) is 54.0 Å². The number of benzene rings is 1. The molecule has 2 rings (SSSR count). The summed E-state index contributed by atoms with van der Waals surface area (Å²) < 4.78 is 10.6. The lowest BCUT2D eigenvalue weighted by Gasteiger charge is -2.26. The number of furan rings is 1. The summed E-state index contributed by atoms with van der Waals surface area (Å²) in [7, 11) is 7.56. The van der Waals surface area contributed by atoms with Crippen molar-refractivity contribution in [2.75, 3.05) is 34.8 Å². The monoisotopic (exact) mass is 458 g/mol. The Labute approximate surface area is 166 Å². The maximum Gasteiger partial charge on any atom is 0.191 e. The molecule has 0 aliphatic rings. The van der Waals surface area contributed by atoms with Crippen molar-refractivity contribution in [3.8, 4) is 5.75 Å². The summed E-state index contributed by atoms with van der Waals surface area (Å²) >= 11 is 0. The third kappa shape index (κ3) is 6.58. The van der Waals surface area contributed by atoms with Crippen molar-refractivity contribution in [2.24, 2.45) is 4.99 Å². The van der Waals surface area contributed by atoms with Crippen LogP contribution in [-0.4, -0.2) is 45.7 Å². The third-order valence-electron chi connectivity index (χ3n) is 3.80. The van der Waals surface area contributed by atoms with Gasteiger partial charge in [0.2, 0.25) is 0 Å². The molecule has 0 spiro atoms. The number of guanidine groups is 1. The zero-order valence-electron chi connectivity index (χ0n) is 15.2. The number of methoxy groups -OCH3 is 1. The maximum absolute atomic E-state index is 5.33. The van der Waals surface area contributed by atoms with E-state index in [1.807, 2.05) is 24.3 Å². The zero-order valence-corrected chi connectivity index (χ0v) is 17.5. The van der Waals surface area contributed by atoms with E-state index in [4.69, 9.17) is 9.15 Å². The molecular weight excluding hydrogens is 431 g/mol. The van der Waals surface area contributed by atoms with Crippen molar-refractivity contribution in [2.45, 2.75) is 12.6 Å². The number of ether oxygens (including phenoxy) is 1. The van der Waals surface area contributed by atoms with Crippen molar-refractivity contribution < 1.29 is 9.15 Å².